The first-order chi connectivity index (χ1) is 8.27. The lowest BCUT2D eigenvalue weighted by Gasteiger charge is -2.06. The van der Waals surface area contributed by atoms with Gasteiger partial charge in [0.25, 0.3) is 5.91 Å². The standard InChI is InChI=1S/C14H10N2O/c1-9-13(14(17)16-15-9)12-8-4-6-10-5-2-3-7-11(10)12/h2-8H,1H3. The molecule has 2 aromatic carbocycles. The van der Waals surface area contributed by atoms with E-state index < -0.39 is 0 Å². The summed E-state index contributed by atoms with van der Waals surface area (Å²) in [5, 5.41) is 9.61. The van der Waals surface area contributed by atoms with Crippen LogP contribution in [0, 0.1) is 0 Å². The largest absolute Gasteiger partial charge is 0.297 e. The van der Waals surface area contributed by atoms with Gasteiger partial charge >= 0.3 is 0 Å². The molecule has 0 atom stereocenters. The summed E-state index contributed by atoms with van der Waals surface area (Å²) in [7, 11) is 0. The monoisotopic (exact) mass is 222 g/mol. The van der Waals surface area contributed by atoms with Crippen LogP contribution in [0.15, 0.2) is 58.4 Å². The summed E-state index contributed by atoms with van der Waals surface area (Å²) in [6, 6.07) is 13.9. The molecule has 82 valence electrons. The smallest absolute Gasteiger partial charge is 0.265 e. The van der Waals surface area contributed by atoms with Gasteiger partial charge in [-0.3, -0.25) is 4.79 Å². The van der Waals surface area contributed by atoms with Crippen molar-refractivity contribution in [2.45, 2.75) is 6.92 Å². The second-order valence-electron chi connectivity index (χ2n) is 3.99. The van der Waals surface area contributed by atoms with Gasteiger partial charge < -0.3 is 0 Å². The summed E-state index contributed by atoms with van der Waals surface area (Å²) in [6.07, 6.45) is 0. The number of nitrogens with zero attached hydrogens (tertiary/aromatic N) is 2. The quantitative estimate of drug-likeness (QED) is 0.727. The van der Waals surface area contributed by atoms with Gasteiger partial charge in [-0.15, -0.1) is 5.11 Å². The second-order valence-corrected chi connectivity index (χ2v) is 3.99. The Morgan fingerprint density at radius 1 is 0.941 bits per heavy atom. The highest BCUT2D eigenvalue weighted by molar-refractivity contribution is 6.24. The summed E-state index contributed by atoms with van der Waals surface area (Å²) in [6.45, 7) is 1.81. The fourth-order valence-electron chi connectivity index (χ4n) is 2.13. The molecule has 3 nitrogen and oxygen atoms in total. The van der Waals surface area contributed by atoms with Crippen LogP contribution in [0.4, 0.5) is 0 Å². The predicted molar refractivity (Wildman–Crippen MR) is 66.4 cm³/mol. The fraction of sp³-hybridized carbons (Fsp3) is 0.0714. The van der Waals surface area contributed by atoms with Crippen LogP contribution >= 0.6 is 0 Å². The van der Waals surface area contributed by atoms with E-state index in [9.17, 15) is 4.79 Å². The third-order valence-electron chi connectivity index (χ3n) is 2.93. The number of fused-ring (bicyclic) bond motifs is 1. The van der Waals surface area contributed by atoms with E-state index in [1.807, 2.05) is 49.4 Å². The molecule has 1 aliphatic heterocycles. The lowest BCUT2D eigenvalue weighted by molar-refractivity contribution is -0.112. The van der Waals surface area contributed by atoms with E-state index in [2.05, 4.69) is 10.2 Å². The van der Waals surface area contributed by atoms with Crippen LogP contribution in [0.3, 0.4) is 0 Å². The van der Waals surface area contributed by atoms with Gasteiger partial charge in [-0.05, 0) is 23.3 Å². The van der Waals surface area contributed by atoms with Crippen molar-refractivity contribution in [1.29, 1.82) is 0 Å². The van der Waals surface area contributed by atoms with Crippen LogP contribution in [0.1, 0.15) is 12.5 Å². The van der Waals surface area contributed by atoms with Gasteiger partial charge in [0.1, 0.15) is 0 Å². The summed E-state index contributed by atoms with van der Waals surface area (Å²) in [4.78, 5) is 11.7. The van der Waals surface area contributed by atoms with Gasteiger partial charge in [0, 0.05) is 0 Å². The van der Waals surface area contributed by atoms with Crippen molar-refractivity contribution in [1.82, 2.24) is 0 Å². The maximum atomic E-state index is 11.7. The number of carbonyl (C=O) groups excluding carboxylic acids is 1. The topological polar surface area (TPSA) is 41.8 Å². The first kappa shape index (κ1) is 9.90. The lowest BCUT2D eigenvalue weighted by atomic mass is 9.97. The van der Waals surface area contributed by atoms with Crippen LogP contribution < -0.4 is 0 Å². The molecule has 0 N–H and O–H groups in total. The maximum absolute atomic E-state index is 11.7. The molecule has 3 rings (SSSR count). The number of amides is 1. The van der Waals surface area contributed by atoms with E-state index in [1.165, 1.54) is 0 Å². The molecule has 0 saturated heterocycles. The Morgan fingerprint density at radius 2 is 1.71 bits per heavy atom. The molecule has 3 heteroatoms. The van der Waals surface area contributed by atoms with Crippen LogP contribution in [0.5, 0.6) is 0 Å². The Bertz CT molecular complexity index is 678. The number of hydrogen-bond acceptors (Lipinski definition) is 2. The maximum Gasteiger partial charge on any atom is 0.297 e. The highest BCUT2D eigenvalue weighted by Gasteiger charge is 2.21. The normalized spacial score (nSPS) is 15.0. The molecule has 1 aliphatic rings. The Morgan fingerprint density at radius 3 is 2.47 bits per heavy atom. The lowest BCUT2D eigenvalue weighted by Crippen LogP contribution is -1.96. The van der Waals surface area contributed by atoms with Crippen molar-refractivity contribution in [3.05, 3.63) is 53.7 Å². The number of carbonyl (C=O) groups is 1. The predicted octanol–water partition coefficient (Wildman–Crippen LogP) is 3.56. The zero-order valence-electron chi connectivity index (χ0n) is 9.34. The van der Waals surface area contributed by atoms with E-state index in [-0.39, 0.29) is 5.91 Å². The molecule has 0 unspecified atom stereocenters. The van der Waals surface area contributed by atoms with Crippen molar-refractivity contribution in [2.24, 2.45) is 10.2 Å². The highest BCUT2D eigenvalue weighted by atomic mass is 16.2. The van der Waals surface area contributed by atoms with E-state index in [0.29, 0.717) is 11.3 Å². The molecule has 0 saturated carbocycles. The summed E-state index contributed by atoms with van der Waals surface area (Å²) < 4.78 is 0. The fourth-order valence-corrected chi connectivity index (χ4v) is 2.13. The number of hydrogen-bond donors (Lipinski definition) is 0. The van der Waals surface area contributed by atoms with Crippen molar-refractivity contribution in [3.63, 3.8) is 0 Å². The molecule has 1 heterocycles. The molecule has 17 heavy (non-hydrogen) atoms. The first-order valence-corrected chi connectivity index (χ1v) is 5.42. The molecule has 0 spiro atoms. The molecule has 1 amide bonds. The van der Waals surface area contributed by atoms with Crippen molar-refractivity contribution in [3.8, 4) is 0 Å². The van der Waals surface area contributed by atoms with Gasteiger partial charge in [-0.25, -0.2) is 0 Å². The Hall–Kier alpha value is -2.29. The molecule has 0 bridgehead atoms. The van der Waals surface area contributed by atoms with Crippen LogP contribution in [-0.2, 0) is 4.79 Å². The molecular formula is C14H10N2O. The van der Waals surface area contributed by atoms with Gasteiger partial charge in [0.05, 0.1) is 11.3 Å². The Balaban J connectivity index is 2.33. The number of azo groups is 1. The number of rotatable bonds is 1. The average Bonchev–Trinajstić information content (AvgIpc) is 2.69. The van der Waals surface area contributed by atoms with Gasteiger partial charge in [0.15, 0.2) is 0 Å². The summed E-state index contributed by atoms with van der Waals surface area (Å²) >= 11 is 0. The molecule has 0 radical (unpaired) electrons. The zero-order chi connectivity index (χ0) is 11.8. The molecule has 0 aliphatic carbocycles. The Labute approximate surface area is 98.5 Å². The molecular weight excluding hydrogens is 212 g/mol. The second kappa shape index (κ2) is 3.63. The highest BCUT2D eigenvalue weighted by Crippen LogP contribution is 2.31. The SMILES string of the molecule is CC1=C(c2cccc3ccccc23)C(=O)N=N1. The summed E-state index contributed by atoms with van der Waals surface area (Å²) in [5.41, 5.74) is 2.21. The third-order valence-corrected chi connectivity index (χ3v) is 2.93. The average molecular weight is 222 g/mol. The van der Waals surface area contributed by atoms with Crippen molar-refractivity contribution >= 4 is 22.3 Å². The van der Waals surface area contributed by atoms with Crippen molar-refractivity contribution in [2.75, 3.05) is 0 Å². The van der Waals surface area contributed by atoms with E-state index >= 15 is 0 Å². The van der Waals surface area contributed by atoms with Gasteiger partial charge in [0.2, 0.25) is 0 Å². The zero-order valence-corrected chi connectivity index (χ0v) is 9.34. The Kier molecular flexibility index (Phi) is 2.11. The van der Waals surface area contributed by atoms with E-state index in [1.54, 1.807) is 0 Å². The third kappa shape index (κ3) is 1.47. The minimum atomic E-state index is -0.251. The number of allylic oxidation sites excluding steroid dienone is 1. The summed E-state index contributed by atoms with van der Waals surface area (Å²) in [5.74, 6) is -0.251. The molecule has 0 aromatic heterocycles. The van der Waals surface area contributed by atoms with Crippen molar-refractivity contribution < 1.29 is 4.79 Å². The van der Waals surface area contributed by atoms with Crippen LogP contribution in [-0.4, -0.2) is 5.91 Å². The van der Waals surface area contributed by atoms with Crippen LogP contribution in [0.2, 0.25) is 0 Å². The minimum Gasteiger partial charge on any atom is -0.265 e. The van der Waals surface area contributed by atoms with Gasteiger partial charge in [-0.1, -0.05) is 42.5 Å². The minimum absolute atomic E-state index is 0.251. The first-order valence-electron chi connectivity index (χ1n) is 5.42. The van der Waals surface area contributed by atoms with E-state index in [0.717, 1.165) is 16.3 Å². The molecule has 2 aromatic rings. The van der Waals surface area contributed by atoms with Gasteiger partial charge in [-0.2, -0.15) is 5.11 Å². The van der Waals surface area contributed by atoms with Crippen LogP contribution in [0.25, 0.3) is 16.3 Å². The van der Waals surface area contributed by atoms with E-state index in [4.69, 9.17) is 0 Å². The molecule has 0 fully saturated rings. The number of benzene rings is 2.